The summed E-state index contributed by atoms with van der Waals surface area (Å²) in [5, 5.41) is 11.9. The number of H-pyrrole nitrogens is 1. The largest absolute Gasteiger partial charge is 0.340 e. The van der Waals surface area contributed by atoms with Gasteiger partial charge in [0.2, 0.25) is 0 Å². The number of benzene rings is 1. The van der Waals surface area contributed by atoms with E-state index in [1.54, 1.807) is 6.07 Å². The van der Waals surface area contributed by atoms with Crippen molar-refractivity contribution in [3.05, 3.63) is 64.8 Å². The molecule has 1 N–H and O–H groups in total. The van der Waals surface area contributed by atoms with Crippen molar-refractivity contribution in [1.82, 2.24) is 29.5 Å². The number of fused-ring (bicyclic) bond motifs is 3. The maximum absolute atomic E-state index is 13.2. The molecular weight excluding hydrogens is 400 g/mol. The fourth-order valence-corrected chi connectivity index (χ4v) is 4.86. The van der Waals surface area contributed by atoms with Gasteiger partial charge in [-0.2, -0.15) is 10.2 Å². The van der Waals surface area contributed by atoms with Crippen LogP contribution >= 0.6 is 0 Å². The molecule has 0 spiro atoms. The lowest BCUT2D eigenvalue weighted by atomic mass is 9.84. The molecule has 162 valence electrons. The molecule has 4 aromatic rings. The number of rotatable bonds is 3. The first kappa shape index (κ1) is 19.2. The number of aromatic amines is 1. The van der Waals surface area contributed by atoms with Gasteiger partial charge in [0, 0.05) is 23.7 Å². The highest BCUT2D eigenvalue weighted by Crippen LogP contribution is 2.50. The Morgan fingerprint density at radius 3 is 2.56 bits per heavy atom. The van der Waals surface area contributed by atoms with Crippen molar-refractivity contribution < 1.29 is 0 Å². The van der Waals surface area contributed by atoms with Crippen LogP contribution in [0.1, 0.15) is 51.3 Å². The number of pyridine rings is 1. The van der Waals surface area contributed by atoms with Gasteiger partial charge in [0.15, 0.2) is 11.3 Å². The molecule has 1 saturated carbocycles. The normalized spacial score (nSPS) is 17.8. The maximum atomic E-state index is 13.2. The highest BCUT2D eigenvalue weighted by atomic mass is 16.1. The second-order valence-electron chi connectivity index (χ2n) is 9.99. The van der Waals surface area contributed by atoms with Crippen molar-refractivity contribution in [2.75, 3.05) is 0 Å². The summed E-state index contributed by atoms with van der Waals surface area (Å²) in [4.78, 5) is 17.5. The highest BCUT2D eigenvalue weighted by molar-refractivity contribution is 5.83. The lowest BCUT2D eigenvalue weighted by molar-refractivity contribution is 0.202. The lowest BCUT2D eigenvalue weighted by Crippen LogP contribution is -2.34. The Kier molecular flexibility index (Phi) is 4.06. The molecule has 0 radical (unpaired) electrons. The summed E-state index contributed by atoms with van der Waals surface area (Å²) in [5.41, 5.74) is 5.89. The van der Waals surface area contributed by atoms with E-state index in [2.05, 4.69) is 69.5 Å². The van der Waals surface area contributed by atoms with E-state index in [9.17, 15) is 4.79 Å². The summed E-state index contributed by atoms with van der Waals surface area (Å²) in [7, 11) is 0. The molecule has 1 aliphatic carbocycles. The molecule has 1 aliphatic heterocycles. The van der Waals surface area contributed by atoms with Gasteiger partial charge in [-0.3, -0.25) is 14.6 Å². The summed E-state index contributed by atoms with van der Waals surface area (Å²) >= 11 is 0. The zero-order chi connectivity index (χ0) is 22.0. The zero-order valence-electron chi connectivity index (χ0n) is 18.5. The molecule has 0 bridgehead atoms. The number of hydrogen-bond acceptors (Lipinski definition) is 4. The van der Waals surface area contributed by atoms with Crippen LogP contribution in [0.4, 0.5) is 0 Å². The van der Waals surface area contributed by atoms with E-state index < -0.39 is 0 Å². The van der Waals surface area contributed by atoms with Gasteiger partial charge in [-0.05, 0) is 23.8 Å². The van der Waals surface area contributed by atoms with Crippen molar-refractivity contribution in [3.63, 3.8) is 0 Å². The molecule has 7 nitrogen and oxygen atoms in total. The molecular formula is C25H26N6O. The monoisotopic (exact) mass is 426 g/mol. The molecule has 0 amide bonds. The van der Waals surface area contributed by atoms with E-state index in [1.165, 1.54) is 30.4 Å². The minimum absolute atomic E-state index is 0.0290. The first-order chi connectivity index (χ1) is 15.4. The molecule has 1 atom stereocenters. The van der Waals surface area contributed by atoms with Gasteiger partial charge in [-0.25, -0.2) is 4.98 Å². The average Bonchev–Trinajstić information content (AvgIpc) is 3.32. The Morgan fingerprint density at radius 2 is 1.91 bits per heavy atom. The predicted octanol–water partition coefficient (Wildman–Crippen LogP) is 4.64. The number of nitrogens with zero attached hydrogens (tertiary/aromatic N) is 5. The number of hydrogen-bond donors (Lipinski definition) is 1. The van der Waals surface area contributed by atoms with Crippen LogP contribution < -0.4 is 5.43 Å². The van der Waals surface area contributed by atoms with Crippen LogP contribution in [0.5, 0.6) is 0 Å². The van der Waals surface area contributed by atoms with E-state index in [0.717, 1.165) is 23.5 Å². The van der Waals surface area contributed by atoms with Gasteiger partial charge in [-0.1, -0.05) is 51.1 Å². The molecule has 4 heterocycles. The topological polar surface area (TPSA) is 81.4 Å². The first-order valence-electron chi connectivity index (χ1n) is 11.2. The van der Waals surface area contributed by atoms with Gasteiger partial charge >= 0.3 is 0 Å². The van der Waals surface area contributed by atoms with Crippen LogP contribution in [0.15, 0.2) is 53.7 Å². The van der Waals surface area contributed by atoms with E-state index in [0.29, 0.717) is 17.3 Å². The van der Waals surface area contributed by atoms with Crippen LogP contribution in [-0.2, 0) is 6.54 Å². The average molecular weight is 427 g/mol. The Hall–Kier alpha value is -3.48. The van der Waals surface area contributed by atoms with Crippen LogP contribution in [-0.4, -0.2) is 29.5 Å². The quantitative estimate of drug-likeness (QED) is 0.517. The molecule has 32 heavy (non-hydrogen) atoms. The van der Waals surface area contributed by atoms with Crippen LogP contribution in [0.25, 0.3) is 33.9 Å². The van der Waals surface area contributed by atoms with Crippen molar-refractivity contribution in [1.29, 1.82) is 0 Å². The Balaban J connectivity index is 1.65. The van der Waals surface area contributed by atoms with Gasteiger partial charge in [-0.15, -0.1) is 0 Å². The molecule has 1 unspecified atom stereocenters. The lowest BCUT2D eigenvalue weighted by Gasteiger charge is -2.38. The van der Waals surface area contributed by atoms with Gasteiger partial charge in [0.25, 0.3) is 0 Å². The van der Waals surface area contributed by atoms with Gasteiger partial charge in [0.05, 0.1) is 35.2 Å². The third kappa shape index (κ3) is 2.95. The second-order valence-corrected chi connectivity index (χ2v) is 9.99. The van der Waals surface area contributed by atoms with Gasteiger partial charge in [0.1, 0.15) is 6.33 Å². The van der Waals surface area contributed by atoms with Crippen molar-refractivity contribution in [3.8, 4) is 33.9 Å². The fourth-order valence-electron chi connectivity index (χ4n) is 4.86. The molecule has 7 heteroatoms. The minimum atomic E-state index is -0.0673. The SMILES string of the molecule is CC(C)(C)C1Cn2nc(C3CC3)c(-c3ccccc3)c2-c2cc(=O)c(-c3ncn[nH]3)cn21. The third-order valence-corrected chi connectivity index (χ3v) is 6.68. The van der Waals surface area contributed by atoms with E-state index in [1.807, 2.05) is 12.3 Å². The van der Waals surface area contributed by atoms with Crippen molar-refractivity contribution >= 4 is 0 Å². The summed E-state index contributed by atoms with van der Waals surface area (Å²) < 4.78 is 4.41. The van der Waals surface area contributed by atoms with Crippen molar-refractivity contribution in [2.24, 2.45) is 5.41 Å². The molecule has 1 aromatic carbocycles. The fraction of sp³-hybridized carbons (Fsp3) is 0.360. The Morgan fingerprint density at radius 1 is 1.12 bits per heavy atom. The van der Waals surface area contributed by atoms with Crippen molar-refractivity contribution in [2.45, 2.75) is 52.1 Å². The first-order valence-corrected chi connectivity index (χ1v) is 11.2. The smallest absolute Gasteiger partial charge is 0.193 e. The Bertz CT molecular complexity index is 1350. The van der Waals surface area contributed by atoms with E-state index >= 15 is 0 Å². The van der Waals surface area contributed by atoms with E-state index in [-0.39, 0.29) is 16.9 Å². The number of aromatic nitrogens is 6. The summed E-state index contributed by atoms with van der Waals surface area (Å²) in [6.07, 6.45) is 5.74. The van der Waals surface area contributed by atoms with Crippen LogP contribution in [0.2, 0.25) is 0 Å². The summed E-state index contributed by atoms with van der Waals surface area (Å²) in [6.45, 7) is 7.48. The second kappa shape index (κ2) is 6.76. The van der Waals surface area contributed by atoms with Gasteiger partial charge < -0.3 is 4.57 Å². The molecule has 3 aromatic heterocycles. The maximum Gasteiger partial charge on any atom is 0.193 e. The zero-order valence-corrected chi connectivity index (χ0v) is 18.5. The molecule has 0 saturated heterocycles. The summed E-state index contributed by atoms with van der Waals surface area (Å²) in [5.74, 6) is 1.00. The Labute approximate surface area is 186 Å². The summed E-state index contributed by atoms with van der Waals surface area (Å²) in [6, 6.07) is 12.4. The van der Waals surface area contributed by atoms with Crippen LogP contribution in [0.3, 0.4) is 0 Å². The molecule has 1 fully saturated rings. The van der Waals surface area contributed by atoms with E-state index in [4.69, 9.17) is 5.10 Å². The third-order valence-electron chi connectivity index (χ3n) is 6.68. The number of nitrogens with one attached hydrogen (secondary N) is 1. The standard InChI is InChI=1S/C25H26N6O/c1-25(2,3)20-13-31-23(18-11-19(32)17(12-30(18)20)24-26-14-27-28-24)21(15-7-5-4-6-8-15)22(29-31)16-9-10-16/h4-8,11-12,14,16,20H,9-10,13H2,1-3H3,(H,26,27,28). The predicted molar refractivity (Wildman–Crippen MR) is 123 cm³/mol. The molecule has 6 rings (SSSR count). The molecule has 2 aliphatic rings. The highest BCUT2D eigenvalue weighted by Gasteiger charge is 2.39. The van der Waals surface area contributed by atoms with Crippen LogP contribution in [0, 0.1) is 5.41 Å². The minimum Gasteiger partial charge on any atom is -0.340 e.